The molecule has 0 unspecified atom stereocenters. The Hall–Kier alpha value is -0.780. The topological polar surface area (TPSA) is 0 Å². The summed E-state index contributed by atoms with van der Waals surface area (Å²) in [6.45, 7) is 4.52. The van der Waals surface area contributed by atoms with Gasteiger partial charge in [0.15, 0.2) is 0 Å². The highest BCUT2D eigenvalue weighted by molar-refractivity contribution is 5.22. The van der Waals surface area contributed by atoms with Crippen molar-refractivity contribution in [2.45, 2.75) is 110 Å². The maximum atomic E-state index is 2.32. The van der Waals surface area contributed by atoms with Gasteiger partial charge in [0.05, 0.1) is 0 Å². The lowest BCUT2D eigenvalue weighted by molar-refractivity contribution is 0.539. The predicted octanol–water partition coefficient (Wildman–Crippen LogP) is 7.88. The van der Waals surface area contributed by atoms with Crippen molar-refractivity contribution in [3.8, 4) is 0 Å². The van der Waals surface area contributed by atoms with Crippen molar-refractivity contribution in [1.29, 1.82) is 0 Å². The van der Waals surface area contributed by atoms with Gasteiger partial charge in [0, 0.05) is 0 Å². The molecule has 0 aliphatic heterocycles. The van der Waals surface area contributed by atoms with Gasteiger partial charge in [0.2, 0.25) is 0 Å². The number of hydrogen-bond donors (Lipinski definition) is 0. The highest BCUT2D eigenvalue weighted by Gasteiger charge is 1.96. The van der Waals surface area contributed by atoms with Crippen molar-refractivity contribution in [2.75, 3.05) is 0 Å². The zero-order valence-corrected chi connectivity index (χ0v) is 15.9. The van der Waals surface area contributed by atoms with Crippen molar-refractivity contribution in [3.05, 3.63) is 35.4 Å². The Morgan fingerprint density at radius 2 is 0.870 bits per heavy atom. The molecule has 0 saturated heterocycles. The van der Waals surface area contributed by atoms with Gasteiger partial charge in [-0.1, -0.05) is 115 Å². The molecular formula is C23H40. The molecule has 0 aliphatic carbocycles. The van der Waals surface area contributed by atoms with E-state index in [1.165, 1.54) is 101 Å². The fraction of sp³-hybridized carbons (Fsp3) is 0.739. The minimum Gasteiger partial charge on any atom is -0.0654 e. The van der Waals surface area contributed by atoms with Crippen LogP contribution in [0.5, 0.6) is 0 Å². The normalized spacial score (nSPS) is 11.0. The summed E-state index contributed by atoms with van der Waals surface area (Å²) in [5.41, 5.74) is 2.98. The molecule has 0 saturated carbocycles. The van der Waals surface area contributed by atoms with Gasteiger partial charge in [-0.05, 0) is 30.4 Å². The second-order valence-electron chi connectivity index (χ2n) is 7.16. The van der Waals surface area contributed by atoms with Crippen LogP contribution < -0.4 is 0 Å². The van der Waals surface area contributed by atoms with Gasteiger partial charge in [0.25, 0.3) is 0 Å². The first kappa shape index (κ1) is 20.3. The van der Waals surface area contributed by atoms with E-state index in [0.29, 0.717) is 0 Å². The molecule has 0 heteroatoms. The number of aryl methyl sites for hydroxylation is 2. The fourth-order valence-electron chi connectivity index (χ4n) is 3.29. The zero-order valence-electron chi connectivity index (χ0n) is 15.9. The van der Waals surface area contributed by atoms with Gasteiger partial charge in [-0.25, -0.2) is 0 Å². The highest BCUT2D eigenvalue weighted by Crippen LogP contribution is 2.14. The summed E-state index contributed by atoms with van der Waals surface area (Å²) in [5, 5.41) is 0. The third-order valence-corrected chi connectivity index (χ3v) is 5.00. The SMILES string of the molecule is CCCCCCCCCCCCCCCc1ccc(CC)cc1. The summed E-state index contributed by atoms with van der Waals surface area (Å²) in [6.07, 6.45) is 21.1. The third-order valence-electron chi connectivity index (χ3n) is 5.00. The second-order valence-corrected chi connectivity index (χ2v) is 7.16. The summed E-state index contributed by atoms with van der Waals surface area (Å²) in [6, 6.07) is 9.22. The first-order valence-electron chi connectivity index (χ1n) is 10.4. The monoisotopic (exact) mass is 316 g/mol. The van der Waals surface area contributed by atoms with Crippen molar-refractivity contribution >= 4 is 0 Å². The van der Waals surface area contributed by atoms with E-state index >= 15 is 0 Å². The van der Waals surface area contributed by atoms with Crippen molar-refractivity contribution in [2.24, 2.45) is 0 Å². The average Bonchev–Trinajstić information content (AvgIpc) is 2.59. The quantitative estimate of drug-likeness (QED) is 0.289. The van der Waals surface area contributed by atoms with Crippen LogP contribution in [0.1, 0.15) is 108 Å². The molecule has 132 valence electrons. The second kappa shape index (κ2) is 14.8. The molecule has 0 fully saturated rings. The van der Waals surface area contributed by atoms with Gasteiger partial charge < -0.3 is 0 Å². The molecule has 0 nitrogen and oxygen atoms in total. The smallest absolute Gasteiger partial charge is 0.0279 e. The van der Waals surface area contributed by atoms with Gasteiger partial charge >= 0.3 is 0 Å². The van der Waals surface area contributed by atoms with E-state index in [-0.39, 0.29) is 0 Å². The summed E-state index contributed by atoms with van der Waals surface area (Å²) in [5.74, 6) is 0. The molecule has 0 aromatic heterocycles. The Morgan fingerprint density at radius 1 is 0.478 bits per heavy atom. The van der Waals surface area contributed by atoms with Crippen molar-refractivity contribution < 1.29 is 0 Å². The van der Waals surface area contributed by atoms with Crippen molar-refractivity contribution in [1.82, 2.24) is 0 Å². The fourth-order valence-corrected chi connectivity index (χ4v) is 3.29. The molecule has 1 aromatic carbocycles. The van der Waals surface area contributed by atoms with Gasteiger partial charge in [-0.15, -0.1) is 0 Å². The maximum Gasteiger partial charge on any atom is -0.0279 e. The molecule has 1 aromatic rings. The molecule has 0 N–H and O–H groups in total. The largest absolute Gasteiger partial charge is 0.0654 e. The molecule has 0 bridgehead atoms. The van der Waals surface area contributed by atoms with E-state index in [0.717, 1.165) is 6.42 Å². The molecule has 23 heavy (non-hydrogen) atoms. The van der Waals surface area contributed by atoms with Crippen LogP contribution in [0, 0.1) is 0 Å². The van der Waals surface area contributed by atoms with Gasteiger partial charge in [0.1, 0.15) is 0 Å². The number of unbranched alkanes of at least 4 members (excludes halogenated alkanes) is 12. The van der Waals surface area contributed by atoms with Crippen LogP contribution >= 0.6 is 0 Å². The first-order valence-corrected chi connectivity index (χ1v) is 10.4. The van der Waals surface area contributed by atoms with E-state index in [2.05, 4.69) is 38.1 Å². The van der Waals surface area contributed by atoms with Crippen LogP contribution in [0.25, 0.3) is 0 Å². The molecule has 1 rings (SSSR count). The highest BCUT2D eigenvalue weighted by atomic mass is 14.0. The maximum absolute atomic E-state index is 2.32. The van der Waals surface area contributed by atoms with Crippen molar-refractivity contribution in [3.63, 3.8) is 0 Å². The average molecular weight is 317 g/mol. The van der Waals surface area contributed by atoms with E-state index in [4.69, 9.17) is 0 Å². The molecule has 0 heterocycles. The van der Waals surface area contributed by atoms with E-state index < -0.39 is 0 Å². The lowest BCUT2D eigenvalue weighted by Crippen LogP contribution is -1.88. The van der Waals surface area contributed by atoms with E-state index in [1.807, 2.05) is 0 Å². The van der Waals surface area contributed by atoms with Crippen LogP contribution in [0.15, 0.2) is 24.3 Å². The zero-order chi connectivity index (χ0) is 16.6. The molecular weight excluding hydrogens is 276 g/mol. The number of hydrogen-bond acceptors (Lipinski definition) is 0. The first-order chi connectivity index (χ1) is 11.4. The van der Waals surface area contributed by atoms with Gasteiger partial charge in [-0.3, -0.25) is 0 Å². The molecule has 0 radical (unpaired) electrons. The van der Waals surface area contributed by atoms with E-state index in [1.54, 1.807) is 0 Å². The number of rotatable bonds is 15. The van der Waals surface area contributed by atoms with E-state index in [9.17, 15) is 0 Å². The van der Waals surface area contributed by atoms with Crippen LogP contribution in [-0.4, -0.2) is 0 Å². The Morgan fingerprint density at radius 3 is 1.30 bits per heavy atom. The standard InChI is InChI=1S/C23H40/c1-3-5-6-7-8-9-10-11-12-13-14-15-16-17-23-20-18-22(4-2)19-21-23/h18-21H,3-17H2,1-2H3. The lowest BCUT2D eigenvalue weighted by atomic mass is 10.0. The minimum atomic E-state index is 1.15. The van der Waals surface area contributed by atoms with Gasteiger partial charge in [-0.2, -0.15) is 0 Å². The molecule has 0 spiro atoms. The molecule has 0 atom stereocenters. The van der Waals surface area contributed by atoms with Crippen LogP contribution in [0.3, 0.4) is 0 Å². The number of benzene rings is 1. The Balaban J connectivity index is 1.82. The molecule has 0 aliphatic rings. The van der Waals surface area contributed by atoms with Crippen LogP contribution in [0.2, 0.25) is 0 Å². The Bertz CT molecular complexity index is 349. The Labute approximate surface area is 146 Å². The lowest BCUT2D eigenvalue weighted by Gasteiger charge is -2.04. The summed E-state index contributed by atoms with van der Waals surface area (Å²) in [4.78, 5) is 0. The third kappa shape index (κ3) is 11.4. The summed E-state index contributed by atoms with van der Waals surface area (Å²) >= 11 is 0. The summed E-state index contributed by atoms with van der Waals surface area (Å²) < 4.78 is 0. The molecule has 0 amide bonds. The minimum absolute atomic E-state index is 1.15. The van der Waals surface area contributed by atoms with Crippen LogP contribution in [0.4, 0.5) is 0 Å². The summed E-state index contributed by atoms with van der Waals surface area (Å²) in [7, 11) is 0. The Kier molecular flexibility index (Phi) is 13.0. The predicted molar refractivity (Wildman–Crippen MR) is 105 cm³/mol. The van der Waals surface area contributed by atoms with Crippen LogP contribution in [-0.2, 0) is 12.8 Å².